The molecular weight excluding hydrogens is 270 g/mol. The minimum Gasteiger partial charge on any atom is -0.486 e. The van der Waals surface area contributed by atoms with E-state index in [0.717, 1.165) is 0 Å². The van der Waals surface area contributed by atoms with Crippen LogP contribution in [0.5, 0.6) is 11.5 Å². The number of fused-ring (bicyclic) bond motifs is 1. The van der Waals surface area contributed by atoms with E-state index in [4.69, 9.17) is 15.2 Å². The highest BCUT2D eigenvalue weighted by Crippen LogP contribution is 2.32. The molecule has 0 aliphatic carbocycles. The molecule has 1 aliphatic heterocycles. The second-order valence-electron chi connectivity index (χ2n) is 4.71. The highest BCUT2D eigenvalue weighted by Gasteiger charge is 2.15. The number of ether oxygens (including phenoxy) is 2. The summed E-state index contributed by atoms with van der Waals surface area (Å²) in [5.41, 5.74) is 7.83. The summed E-state index contributed by atoms with van der Waals surface area (Å²) >= 11 is 0. The van der Waals surface area contributed by atoms with Crippen molar-refractivity contribution in [3.63, 3.8) is 0 Å². The number of amides is 1. The number of nitrogens with one attached hydrogen (secondary N) is 1. The van der Waals surface area contributed by atoms with E-state index in [1.54, 1.807) is 31.2 Å². The Morgan fingerprint density at radius 3 is 2.81 bits per heavy atom. The summed E-state index contributed by atoms with van der Waals surface area (Å²) < 4.78 is 10.9. The Kier molecular flexibility index (Phi) is 3.35. The summed E-state index contributed by atoms with van der Waals surface area (Å²) in [7, 11) is 0. The maximum absolute atomic E-state index is 12.3. The van der Waals surface area contributed by atoms with Crippen molar-refractivity contribution in [1.29, 1.82) is 0 Å². The monoisotopic (exact) mass is 285 g/mol. The molecule has 2 heterocycles. The number of hydrogen-bond acceptors (Lipinski definition) is 5. The second kappa shape index (κ2) is 5.32. The van der Waals surface area contributed by atoms with Gasteiger partial charge in [0.25, 0.3) is 5.91 Å². The Bertz CT molecular complexity index is 701. The molecule has 1 aliphatic rings. The lowest BCUT2D eigenvalue weighted by atomic mass is 10.1. The zero-order chi connectivity index (χ0) is 14.8. The smallest absolute Gasteiger partial charge is 0.257 e. The number of hydrogen-bond donors (Lipinski definition) is 2. The molecule has 108 valence electrons. The molecule has 2 aromatic rings. The van der Waals surface area contributed by atoms with Gasteiger partial charge in [0.2, 0.25) is 0 Å². The highest BCUT2D eigenvalue weighted by molar-refractivity contribution is 6.05. The summed E-state index contributed by atoms with van der Waals surface area (Å²) in [5, 5.41) is 2.81. The van der Waals surface area contributed by atoms with Crippen molar-refractivity contribution >= 4 is 17.3 Å². The van der Waals surface area contributed by atoms with Gasteiger partial charge in [0, 0.05) is 11.8 Å². The lowest BCUT2D eigenvalue weighted by Crippen LogP contribution is -2.17. The van der Waals surface area contributed by atoms with Crippen molar-refractivity contribution in [2.24, 2.45) is 0 Å². The number of benzene rings is 1. The minimum absolute atomic E-state index is 0.260. The van der Waals surface area contributed by atoms with Crippen LogP contribution in [-0.4, -0.2) is 24.1 Å². The van der Waals surface area contributed by atoms with E-state index in [0.29, 0.717) is 47.3 Å². The van der Waals surface area contributed by atoms with Crippen LogP contribution in [-0.2, 0) is 0 Å². The number of aryl methyl sites for hydroxylation is 1. The normalized spacial score (nSPS) is 12.8. The Hall–Kier alpha value is -2.76. The van der Waals surface area contributed by atoms with Gasteiger partial charge < -0.3 is 20.5 Å². The molecule has 1 aromatic carbocycles. The molecular formula is C15H15N3O3. The van der Waals surface area contributed by atoms with Crippen molar-refractivity contribution in [2.45, 2.75) is 6.92 Å². The van der Waals surface area contributed by atoms with Crippen LogP contribution in [0.25, 0.3) is 0 Å². The molecule has 0 fully saturated rings. The maximum atomic E-state index is 12.3. The van der Waals surface area contributed by atoms with Crippen LogP contribution in [0.4, 0.5) is 11.4 Å². The first-order valence-corrected chi connectivity index (χ1v) is 6.56. The van der Waals surface area contributed by atoms with Gasteiger partial charge in [-0.15, -0.1) is 0 Å². The van der Waals surface area contributed by atoms with Crippen molar-refractivity contribution in [2.75, 3.05) is 24.3 Å². The average molecular weight is 285 g/mol. The first-order chi connectivity index (χ1) is 10.1. The van der Waals surface area contributed by atoms with Gasteiger partial charge in [-0.3, -0.25) is 9.78 Å². The number of pyridine rings is 1. The van der Waals surface area contributed by atoms with Gasteiger partial charge >= 0.3 is 0 Å². The number of rotatable bonds is 2. The molecule has 1 amide bonds. The SMILES string of the molecule is Cc1ncc(N)cc1C(=O)Nc1ccc2c(c1)OCCO2. The maximum Gasteiger partial charge on any atom is 0.257 e. The van der Waals surface area contributed by atoms with Crippen LogP contribution in [0.3, 0.4) is 0 Å². The fourth-order valence-corrected chi connectivity index (χ4v) is 2.10. The fraction of sp³-hybridized carbons (Fsp3) is 0.200. The average Bonchev–Trinajstić information content (AvgIpc) is 2.49. The van der Waals surface area contributed by atoms with Crippen molar-refractivity contribution in [1.82, 2.24) is 4.98 Å². The fourth-order valence-electron chi connectivity index (χ4n) is 2.10. The van der Waals surface area contributed by atoms with Gasteiger partial charge in [-0.1, -0.05) is 0 Å². The van der Waals surface area contributed by atoms with E-state index in [2.05, 4.69) is 10.3 Å². The lowest BCUT2D eigenvalue weighted by Gasteiger charge is -2.19. The molecule has 1 aromatic heterocycles. The molecule has 0 saturated carbocycles. The predicted molar refractivity (Wildman–Crippen MR) is 78.8 cm³/mol. The number of carbonyl (C=O) groups excluding carboxylic acids is 1. The molecule has 3 N–H and O–H groups in total. The largest absolute Gasteiger partial charge is 0.486 e. The zero-order valence-electron chi connectivity index (χ0n) is 11.6. The molecule has 3 rings (SSSR count). The number of anilines is 2. The molecule has 0 atom stereocenters. The highest BCUT2D eigenvalue weighted by atomic mass is 16.6. The number of nitrogens with zero attached hydrogens (tertiary/aromatic N) is 1. The van der Waals surface area contributed by atoms with Gasteiger partial charge in [-0.2, -0.15) is 0 Å². The number of nitrogens with two attached hydrogens (primary N) is 1. The molecule has 0 saturated heterocycles. The van der Waals surface area contributed by atoms with E-state index < -0.39 is 0 Å². The van der Waals surface area contributed by atoms with E-state index in [1.807, 2.05) is 0 Å². The van der Waals surface area contributed by atoms with E-state index >= 15 is 0 Å². The summed E-state index contributed by atoms with van der Waals surface area (Å²) in [5.74, 6) is 1.05. The van der Waals surface area contributed by atoms with Crippen LogP contribution in [0.15, 0.2) is 30.5 Å². The number of carbonyl (C=O) groups is 1. The molecule has 0 unspecified atom stereocenters. The Balaban J connectivity index is 1.83. The van der Waals surface area contributed by atoms with Crippen LogP contribution in [0, 0.1) is 6.92 Å². The predicted octanol–water partition coefficient (Wildman–Crippen LogP) is 2.00. The van der Waals surface area contributed by atoms with Crippen molar-refractivity contribution in [3.05, 3.63) is 41.7 Å². The standard InChI is InChI=1S/C15H15N3O3/c1-9-12(6-10(16)8-17-9)15(19)18-11-2-3-13-14(7-11)21-5-4-20-13/h2-3,6-8H,4-5,16H2,1H3,(H,18,19). The van der Waals surface area contributed by atoms with Gasteiger partial charge in [-0.05, 0) is 25.1 Å². The molecule has 0 bridgehead atoms. The topological polar surface area (TPSA) is 86.5 Å². The van der Waals surface area contributed by atoms with Crippen molar-refractivity contribution < 1.29 is 14.3 Å². The Labute approximate surface area is 121 Å². The summed E-state index contributed by atoms with van der Waals surface area (Å²) in [6.07, 6.45) is 1.52. The van der Waals surface area contributed by atoms with Gasteiger partial charge in [0.05, 0.1) is 23.1 Å². The van der Waals surface area contributed by atoms with Crippen LogP contribution < -0.4 is 20.5 Å². The van der Waals surface area contributed by atoms with Crippen LogP contribution in [0.1, 0.15) is 16.1 Å². The van der Waals surface area contributed by atoms with Gasteiger partial charge in [0.15, 0.2) is 11.5 Å². The van der Waals surface area contributed by atoms with Crippen molar-refractivity contribution in [3.8, 4) is 11.5 Å². The first kappa shape index (κ1) is 13.2. The number of aromatic nitrogens is 1. The molecule has 6 nitrogen and oxygen atoms in total. The summed E-state index contributed by atoms with van der Waals surface area (Å²) in [6, 6.07) is 6.88. The molecule has 0 radical (unpaired) electrons. The van der Waals surface area contributed by atoms with E-state index in [-0.39, 0.29) is 5.91 Å². The zero-order valence-corrected chi connectivity index (χ0v) is 11.6. The van der Waals surface area contributed by atoms with Crippen LogP contribution >= 0.6 is 0 Å². The Morgan fingerprint density at radius 2 is 2.00 bits per heavy atom. The molecule has 0 spiro atoms. The van der Waals surface area contributed by atoms with Gasteiger partial charge in [-0.25, -0.2) is 0 Å². The lowest BCUT2D eigenvalue weighted by molar-refractivity contribution is 0.102. The first-order valence-electron chi connectivity index (χ1n) is 6.56. The third-order valence-corrected chi connectivity index (χ3v) is 3.15. The molecule has 21 heavy (non-hydrogen) atoms. The third kappa shape index (κ3) is 2.74. The third-order valence-electron chi connectivity index (χ3n) is 3.15. The molecule has 6 heteroatoms. The second-order valence-corrected chi connectivity index (χ2v) is 4.71. The minimum atomic E-state index is -0.260. The van der Waals surface area contributed by atoms with E-state index in [1.165, 1.54) is 6.20 Å². The van der Waals surface area contributed by atoms with Gasteiger partial charge in [0.1, 0.15) is 13.2 Å². The van der Waals surface area contributed by atoms with Crippen LogP contribution in [0.2, 0.25) is 0 Å². The summed E-state index contributed by atoms with van der Waals surface area (Å²) in [4.78, 5) is 16.4. The van der Waals surface area contributed by atoms with E-state index in [9.17, 15) is 4.79 Å². The Morgan fingerprint density at radius 1 is 1.24 bits per heavy atom. The quantitative estimate of drug-likeness (QED) is 0.881. The number of nitrogen functional groups attached to an aromatic ring is 1. The summed E-state index contributed by atoms with van der Waals surface area (Å²) in [6.45, 7) is 2.80.